The van der Waals surface area contributed by atoms with Crippen molar-refractivity contribution in [2.24, 2.45) is 0 Å². The molecule has 5 nitrogen and oxygen atoms in total. The highest BCUT2D eigenvalue weighted by molar-refractivity contribution is 5.53. The second-order valence-electron chi connectivity index (χ2n) is 5.66. The third-order valence-electron chi connectivity index (χ3n) is 3.80. The molecule has 0 saturated carbocycles. The van der Waals surface area contributed by atoms with Gasteiger partial charge in [0.25, 0.3) is 0 Å². The normalized spacial score (nSPS) is 12.4. The van der Waals surface area contributed by atoms with E-state index in [0.717, 1.165) is 17.8 Å². The number of benzene rings is 2. The summed E-state index contributed by atoms with van der Waals surface area (Å²) in [6.07, 6.45) is -2.89. The standard InChI is InChI=1S/C18H14F3N5/c1-12(17-11-26(25-24-17)15-5-3-2-4-6-15)23-14-8-7-13(10-22)16(9-14)18(19,20)21/h2-9,11-12,23H,1H3. The molecule has 132 valence electrons. The molecule has 0 aliphatic heterocycles. The summed E-state index contributed by atoms with van der Waals surface area (Å²) >= 11 is 0. The highest BCUT2D eigenvalue weighted by Crippen LogP contribution is 2.34. The van der Waals surface area contributed by atoms with Crippen LogP contribution in [-0.2, 0) is 6.18 Å². The average Bonchev–Trinajstić information content (AvgIpc) is 3.12. The molecule has 3 aromatic rings. The molecule has 0 amide bonds. The van der Waals surface area contributed by atoms with Gasteiger partial charge in [0.05, 0.1) is 35.1 Å². The Labute approximate surface area is 147 Å². The molecular weight excluding hydrogens is 343 g/mol. The number of rotatable bonds is 4. The van der Waals surface area contributed by atoms with E-state index in [0.29, 0.717) is 5.69 Å². The van der Waals surface area contributed by atoms with Crippen molar-refractivity contribution in [3.05, 3.63) is 71.5 Å². The summed E-state index contributed by atoms with van der Waals surface area (Å²) in [6, 6.07) is 14.1. The van der Waals surface area contributed by atoms with E-state index in [9.17, 15) is 13.2 Å². The fourth-order valence-corrected chi connectivity index (χ4v) is 2.47. The minimum absolute atomic E-state index is 0.248. The number of nitrogens with one attached hydrogen (secondary N) is 1. The third kappa shape index (κ3) is 3.67. The monoisotopic (exact) mass is 357 g/mol. The van der Waals surface area contributed by atoms with Crippen molar-refractivity contribution < 1.29 is 13.2 Å². The van der Waals surface area contributed by atoms with E-state index in [1.807, 2.05) is 30.3 Å². The predicted octanol–water partition coefficient (Wildman–Crippen LogP) is 4.33. The van der Waals surface area contributed by atoms with Crippen molar-refractivity contribution in [2.75, 3.05) is 5.32 Å². The molecule has 0 radical (unpaired) electrons. The second kappa shape index (κ2) is 6.88. The van der Waals surface area contributed by atoms with Crippen LogP contribution in [0.2, 0.25) is 0 Å². The third-order valence-corrected chi connectivity index (χ3v) is 3.80. The first-order valence-electron chi connectivity index (χ1n) is 7.74. The van der Waals surface area contributed by atoms with Crippen LogP contribution in [0, 0.1) is 11.3 Å². The zero-order chi connectivity index (χ0) is 18.7. The van der Waals surface area contributed by atoms with Gasteiger partial charge in [-0.25, -0.2) is 4.68 Å². The largest absolute Gasteiger partial charge is 0.417 e. The van der Waals surface area contributed by atoms with Gasteiger partial charge in [-0.05, 0) is 37.3 Å². The summed E-state index contributed by atoms with van der Waals surface area (Å²) in [7, 11) is 0. The van der Waals surface area contributed by atoms with Gasteiger partial charge in [0.1, 0.15) is 5.69 Å². The van der Waals surface area contributed by atoms with Gasteiger partial charge in [0.15, 0.2) is 0 Å². The molecule has 1 unspecified atom stereocenters. The van der Waals surface area contributed by atoms with Gasteiger partial charge in [-0.15, -0.1) is 5.10 Å². The van der Waals surface area contributed by atoms with E-state index in [4.69, 9.17) is 5.26 Å². The molecule has 0 aliphatic carbocycles. The molecule has 1 aromatic heterocycles. The molecule has 1 heterocycles. The van der Waals surface area contributed by atoms with Gasteiger partial charge >= 0.3 is 6.18 Å². The predicted molar refractivity (Wildman–Crippen MR) is 89.6 cm³/mol. The van der Waals surface area contributed by atoms with Crippen LogP contribution in [0.4, 0.5) is 18.9 Å². The van der Waals surface area contributed by atoms with Crippen molar-refractivity contribution in [1.29, 1.82) is 5.26 Å². The molecule has 2 aromatic carbocycles. The summed E-state index contributed by atoms with van der Waals surface area (Å²) in [4.78, 5) is 0. The van der Waals surface area contributed by atoms with Gasteiger partial charge in [-0.1, -0.05) is 23.4 Å². The fourth-order valence-electron chi connectivity index (χ4n) is 2.47. The lowest BCUT2D eigenvalue weighted by molar-refractivity contribution is -0.137. The molecule has 0 spiro atoms. The minimum atomic E-state index is -4.59. The Kier molecular flexibility index (Phi) is 4.63. The molecule has 0 aliphatic rings. The number of nitriles is 1. The second-order valence-corrected chi connectivity index (χ2v) is 5.66. The first-order chi connectivity index (χ1) is 12.4. The molecular formula is C18H14F3N5. The van der Waals surface area contributed by atoms with Crippen LogP contribution in [-0.4, -0.2) is 15.0 Å². The van der Waals surface area contributed by atoms with Crippen molar-refractivity contribution in [3.63, 3.8) is 0 Å². The lowest BCUT2D eigenvalue weighted by Crippen LogP contribution is -2.11. The summed E-state index contributed by atoms with van der Waals surface area (Å²) in [5, 5.41) is 19.9. The molecule has 26 heavy (non-hydrogen) atoms. The van der Waals surface area contributed by atoms with Crippen LogP contribution in [0.25, 0.3) is 5.69 Å². The number of hydrogen-bond acceptors (Lipinski definition) is 4. The molecule has 0 fully saturated rings. The van der Waals surface area contributed by atoms with Crippen molar-refractivity contribution in [2.45, 2.75) is 19.1 Å². The maximum atomic E-state index is 13.1. The van der Waals surface area contributed by atoms with Gasteiger partial charge < -0.3 is 5.32 Å². The molecule has 0 saturated heterocycles. The number of hydrogen-bond donors (Lipinski definition) is 1. The van der Waals surface area contributed by atoms with E-state index in [-0.39, 0.29) is 11.7 Å². The first kappa shape index (κ1) is 17.5. The number of alkyl halides is 3. The van der Waals surface area contributed by atoms with Crippen LogP contribution >= 0.6 is 0 Å². The van der Waals surface area contributed by atoms with E-state index >= 15 is 0 Å². The Morgan fingerprint density at radius 1 is 1.15 bits per heavy atom. The summed E-state index contributed by atoms with van der Waals surface area (Å²) in [6.45, 7) is 1.77. The van der Waals surface area contributed by atoms with E-state index in [1.165, 1.54) is 6.07 Å². The summed E-state index contributed by atoms with van der Waals surface area (Å²) in [5.74, 6) is 0. The van der Waals surface area contributed by atoms with Crippen LogP contribution in [0.3, 0.4) is 0 Å². The van der Waals surface area contributed by atoms with E-state index < -0.39 is 17.3 Å². The number of halogens is 3. The van der Waals surface area contributed by atoms with Crippen molar-refractivity contribution in [1.82, 2.24) is 15.0 Å². The van der Waals surface area contributed by atoms with Crippen LogP contribution in [0.15, 0.2) is 54.7 Å². The number of para-hydroxylation sites is 1. The zero-order valence-corrected chi connectivity index (χ0v) is 13.7. The lowest BCUT2D eigenvalue weighted by atomic mass is 10.1. The maximum Gasteiger partial charge on any atom is 0.417 e. The van der Waals surface area contributed by atoms with Crippen molar-refractivity contribution in [3.8, 4) is 11.8 Å². The Hall–Kier alpha value is -3.34. The van der Waals surface area contributed by atoms with Gasteiger partial charge in [-0.2, -0.15) is 18.4 Å². The Morgan fingerprint density at radius 2 is 1.88 bits per heavy atom. The Bertz CT molecular complexity index is 941. The number of nitrogens with zero attached hydrogens (tertiary/aromatic N) is 4. The summed E-state index contributed by atoms with van der Waals surface area (Å²) in [5.41, 5.74) is 0.275. The topological polar surface area (TPSA) is 66.5 Å². The fraction of sp³-hybridized carbons (Fsp3) is 0.167. The van der Waals surface area contributed by atoms with Crippen LogP contribution in [0.5, 0.6) is 0 Å². The SMILES string of the molecule is CC(Nc1ccc(C#N)c(C(F)(F)F)c1)c1cn(-c2ccccc2)nn1. The van der Waals surface area contributed by atoms with Gasteiger partial charge in [0, 0.05) is 5.69 Å². The number of anilines is 1. The summed E-state index contributed by atoms with van der Waals surface area (Å²) < 4.78 is 40.8. The maximum absolute atomic E-state index is 13.1. The average molecular weight is 357 g/mol. The molecule has 0 bridgehead atoms. The van der Waals surface area contributed by atoms with Crippen LogP contribution in [0.1, 0.15) is 29.8 Å². The smallest absolute Gasteiger partial charge is 0.377 e. The number of aromatic nitrogens is 3. The molecule has 3 rings (SSSR count). The Balaban J connectivity index is 1.82. The Morgan fingerprint density at radius 3 is 2.54 bits per heavy atom. The molecule has 1 N–H and O–H groups in total. The van der Waals surface area contributed by atoms with E-state index in [1.54, 1.807) is 23.9 Å². The van der Waals surface area contributed by atoms with Crippen molar-refractivity contribution >= 4 is 5.69 Å². The molecule has 8 heteroatoms. The van der Waals surface area contributed by atoms with E-state index in [2.05, 4.69) is 15.6 Å². The highest BCUT2D eigenvalue weighted by atomic mass is 19.4. The lowest BCUT2D eigenvalue weighted by Gasteiger charge is -2.15. The van der Waals surface area contributed by atoms with Gasteiger partial charge in [0.2, 0.25) is 0 Å². The van der Waals surface area contributed by atoms with Crippen LogP contribution < -0.4 is 5.32 Å². The first-order valence-corrected chi connectivity index (χ1v) is 7.74. The van der Waals surface area contributed by atoms with Gasteiger partial charge in [-0.3, -0.25) is 0 Å². The quantitative estimate of drug-likeness (QED) is 0.755. The molecule has 1 atom stereocenters. The zero-order valence-electron chi connectivity index (χ0n) is 13.7. The minimum Gasteiger partial charge on any atom is -0.377 e. The highest BCUT2D eigenvalue weighted by Gasteiger charge is 2.34.